The van der Waals surface area contributed by atoms with Crippen LogP contribution in [0.3, 0.4) is 0 Å². The Morgan fingerprint density at radius 3 is 2.38 bits per heavy atom. The van der Waals surface area contributed by atoms with Crippen molar-refractivity contribution in [3.63, 3.8) is 0 Å². The monoisotopic (exact) mass is 354 g/mol. The lowest BCUT2D eigenvalue weighted by Gasteiger charge is -2.21. The summed E-state index contributed by atoms with van der Waals surface area (Å²) >= 11 is 0. The molecule has 1 aliphatic rings. The van der Waals surface area contributed by atoms with E-state index >= 15 is 0 Å². The second-order valence-corrected chi connectivity index (χ2v) is 6.15. The van der Waals surface area contributed by atoms with Gasteiger partial charge in [-0.3, -0.25) is 4.79 Å². The van der Waals surface area contributed by atoms with E-state index in [0.717, 1.165) is 29.9 Å². The summed E-state index contributed by atoms with van der Waals surface area (Å²) in [5, 5.41) is 6.18. The van der Waals surface area contributed by atoms with E-state index in [-0.39, 0.29) is 17.8 Å². The number of rotatable bonds is 5. The number of esters is 1. The number of hydrogen-bond acceptors (Lipinski definition) is 5. The molecule has 3 rings (SSSR count). The van der Waals surface area contributed by atoms with Crippen LogP contribution in [0.1, 0.15) is 23.2 Å². The van der Waals surface area contributed by atoms with E-state index in [1.54, 1.807) is 18.2 Å². The largest absolute Gasteiger partial charge is 0.465 e. The summed E-state index contributed by atoms with van der Waals surface area (Å²) < 4.78 is 10.0. The molecule has 6 nitrogen and oxygen atoms in total. The fraction of sp³-hybridized carbons (Fsp3) is 0.300. The van der Waals surface area contributed by atoms with Crippen LogP contribution in [0.25, 0.3) is 0 Å². The van der Waals surface area contributed by atoms with E-state index in [1.807, 2.05) is 30.3 Å². The van der Waals surface area contributed by atoms with E-state index in [9.17, 15) is 9.59 Å². The van der Waals surface area contributed by atoms with Crippen molar-refractivity contribution in [1.82, 2.24) is 0 Å². The first kappa shape index (κ1) is 17.9. The smallest absolute Gasteiger partial charge is 0.337 e. The molecular formula is C20H22N2O4. The average molecular weight is 354 g/mol. The molecule has 1 saturated heterocycles. The Morgan fingerprint density at radius 2 is 1.69 bits per heavy atom. The molecule has 2 N–H and O–H groups in total. The molecule has 1 amide bonds. The van der Waals surface area contributed by atoms with Crippen LogP contribution >= 0.6 is 0 Å². The first-order valence-corrected chi connectivity index (χ1v) is 8.60. The van der Waals surface area contributed by atoms with E-state index in [0.29, 0.717) is 18.8 Å². The highest BCUT2D eigenvalue weighted by Crippen LogP contribution is 2.22. The van der Waals surface area contributed by atoms with Crippen molar-refractivity contribution in [2.24, 2.45) is 5.92 Å². The molecule has 136 valence electrons. The lowest BCUT2D eigenvalue weighted by molar-refractivity contribution is -0.122. The first-order chi connectivity index (χ1) is 12.7. The molecule has 2 aromatic rings. The molecule has 0 unspecified atom stereocenters. The summed E-state index contributed by atoms with van der Waals surface area (Å²) in [6, 6.07) is 14.5. The standard InChI is InChI=1S/C20H22N2O4/c1-25-20(24)15-3-2-4-18(13-15)21-16-5-7-17(8-6-16)22-19(23)14-9-11-26-12-10-14/h2-8,13-14,21H,9-12H2,1H3,(H,22,23). The SMILES string of the molecule is COC(=O)c1cccc(Nc2ccc(NC(=O)C3CCOCC3)cc2)c1. The van der Waals surface area contributed by atoms with Crippen molar-refractivity contribution in [2.75, 3.05) is 31.0 Å². The molecule has 0 saturated carbocycles. The van der Waals surface area contributed by atoms with Gasteiger partial charge in [0.2, 0.25) is 5.91 Å². The second-order valence-electron chi connectivity index (χ2n) is 6.15. The Morgan fingerprint density at radius 1 is 1.00 bits per heavy atom. The maximum atomic E-state index is 12.2. The predicted molar refractivity (Wildman–Crippen MR) is 99.7 cm³/mol. The number of carbonyl (C=O) groups excluding carboxylic acids is 2. The first-order valence-electron chi connectivity index (χ1n) is 8.60. The Balaban J connectivity index is 1.61. The highest BCUT2D eigenvalue weighted by molar-refractivity contribution is 5.93. The topological polar surface area (TPSA) is 76.7 Å². The van der Waals surface area contributed by atoms with Gasteiger partial charge in [-0.15, -0.1) is 0 Å². The number of anilines is 3. The minimum atomic E-state index is -0.375. The van der Waals surface area contributed by atoms with Crippen molar-refractivity contribution in [2.45, 2.75) is 12.8 Å². The third-order valence-corrected chi connectivity index (χ3v) is 4.32. The van der Waals surface area contributed by atoms with E-state index in [1.165, 1.54) is 7.11 Å². The van der Waals surface area contributed by atoms with Gasteiger partial charge in [0.1, 0.15) is 0 Å². The van der Waals surface area contributed by atoms with Crippen molar-refractivity contribution in [1.29, 1.82) is 0 Å². The van der Waals surface area contributed by atoms with Crippen LogP contribution in [0.5, 0.6) is 0 Å². The molecule has 0 radical (unpaired) electrons. The fourth-order valence-corrected chi connectivity index (χ4v) is 2.85. The van der Waals surface area contributed by atoms with Crippen molar-refractivity contribution in [3.8, 4) is 0 Å². The predicted octanol–water partition coefficient (Wildman–Crippen LogP) is 3.58. The van der Waals surface area contributed by atoms with E-state index in [2.05, 4.69) is 10.6 Å². The van der Waals surface area contributed by atoms with Crippen LogP contribution in [0.15, 0.2) is 48.5 Å². The van der Waals surface area contributed by atoms with Crippen molar-refractivity contribution >= 4 is 28.9 Å². The van der Waals surface area contributed by atoms with Crippen LogP contribution in [0.4, 0.5) is 17.1 Å². The molecule has 0 aliphatic carbocycles. The lowest BCUT2D eigenvalue weighted by atomic mass is 9.99. The van der Waals surface area contributed by atoms with Crippen LogP contribution in [0, 0.1) is 5.92 Å². The van der Waals surface area contributed by atoms with Crippen LogP contribution in [-0.4, -0.2) is 32.2 Å². The number of methoxy groups -OCH3 is 1. The Hall–Kier alpha value is -2.86. The van der Waals surface area contributed by atoms with Gasteiger partial charge in [-0.25, -0.2) is 4.79 Å². The molecule has 0 spiro atoms. The van der Waals surface area contributed by atoms with E-state index < -0.39 is 0 Å². The van der Waals surface area contributed by atoms with Crippen LogP contribution in [0.2, 0.25) is 0 Å². The normalized spacial score (nSPS) is 14.5. The number of hydrogen-bond donors (Lipinski definition) is 2. The molecule has 2 aromatic carbocycles. The Bertz CT molecular complexity index is 768. The number of amides is 1. The average Bonchev–Trinajstić information content (AvgIpc) is 2.69. The van der Waals surface area contributed by atoms with Gasteiger partial charge in [0.25, 0.3) is 0 Å². The zero-order chi connectivity index (χ0) is 18.4. The molecule has 0 bridgehead atoms. The van der Waals surface area contributed by atoms with Gasteiger partial charge in [-0.2, -0.15) is 0 Å². The van der Waals surface area contributed by atoms with Gasteiger partial charge in [0.15, 0.2) is 0 Å². The second kappa shape index (κ2) is 8.49. The Kier molecular flexibility index (Phi) is 5.86. The van der Waals surface area contributed by atoms with Gasteiger partial charge in [-0.1, -0.05) is 6.07 Å². The summed E-state index contributed by atoms with van der Waals surface area (Å²) in [5.41, 5.74) is 2.89. The van der Waals surface area contributed by atoms with Gasteiger partial charge < -0.3 is 20.1 Å². The highest BCUT2D eigenvalue weighted by atomic mass is 16.5. The lowest BCUT2D eigenvalue weighted by Crippen LogP contribution is -2.28. The van der Waals surface area contributed by atoms with Crippen molar-refractivity contribution in [3.05, 3.63) is 54.1 Å². The van der Waals surface area contributed by atoms with Gasteiger partial charge in [0, 0.05) is 36.2 Å². The van der Waals surface area contributed by atoms with Crippen LogP contribution < -0.4 is 10.6 Å². The van der Waals surface area contributed by atoms with Crippen LogP contribution in [-0.2, 0) is 14.3 Å². The Labute approximate surface area is 152 Å². The minimum Gasteiger partial charge on any atom is -0.465 e. The summed E-state index contributed by atoms with van der Waals surface area (Å²) in [6.07, 6.45) is 1.53. The number of ether oxygens (including phenoxy) is 2. The molecular weight excluding hydrogens is 332 g/mol. The summed E-state index contributed by atoms with van der Waals surface area (Å²) in [7, 11) is 1.36. The molecule has 6 heteroatoms. The highest BCUT2D eigenvalue weighted by Gasteiger charge is 2.21. The molecule has 26 heavy (non-hydrogen) atoms. The summed E-state index contributed by atoms with van der Waals surface area (Å²) in [6.45, 7) is 1.29. The third kappa shape index (κ3) is 4.61. The zero-order valence-corrected chi connectivity index (χ0v) is 14.7. The number of carbonyl (C=O) groups is 2. The summed E-state index contributed by atoms with van der Waals surface area (Å²) in [4.78, 5) is 23.8. The maximum absolute atomic E-state index is 12.2. The van der Waals surface area contributed by atoms with Crippen molar-refractivity contribution < 1.29 is 19.1 Å². The summed E-state index contributed by atoms with van der Waals surface area (Å²) in [5.74, 6) is -0.317. The quantitative estimate of drug-likeness (QED) is 0.803. The zero-order valence-electron chi connectivity index (χ0n) is 14.7. The molecule has 0 atom stereocenters. The van der Waals surface area contributed by atoms with Gasteiger partial charge in [0.05, 0.1) is 12.7 Å². The molecule has 1 heterocycles. The third-order valence-electron chi connectivity index (χ3n) is 4.32. The van der Waals surface area contributed by atoms with E-state index in [4.69, 9.17) is 9.47 Å². The molecule has 0 aromatic heterocycles. The molecule has 1 aliphatic heterocycles. The maximum Gasteiger partial charge on any atom is 0.337 e. The molecule has 1 fully saturated rings. The van der Waals surface area contributed by atoms with Gasteiger partial charge in [-0.05, 0) is 55.3 Å². The van der Waals surface area contributed by atoms with Gasteiger partial charge >= 0.3 is 5.97 Å². The minimum absolute atomic E-state index is 0.0163. The fourth-order valence-electron chi connectivity index (χ4n) is 2.85. The number of benzene rings is 2. The number of nitrogens with one attached hydrogen (secondary N) is 2.